The van der Waals surface area contributed by atoms with Gasteiger partial charge < -0.3 is 20.5 Å². The molecular weight excluding hydrogens is 282 g/mol. The van der Waals surface area contributed by atoms with Crippen LogP contribution in [0.25, 0.3) is 0 Å². The van der Waals surface area contributed by atoms with Crippen molar-refractivity contribution in [2.75, 3.05) is 11.9 Å². The van der Waals surface area contributed by atoms with Gasteiger partial charge in [0.25, 0.3) is 0 Å². The quantitative estimate of drug-likeness (QED) is 0.725. The van der Waals surface area contributed by atoms with Gasteiger partial charge in [-0.3, -0.25) is 0 Å². The van der Waals surface area contributed by atoms with Crippen LogP contribution in [0, 0.1) is 0 Å². The van der Waals surface area contributed by atoms with Gasteiger partial charge in [-0.15, -0.1) is 0 Å². The van der Waals surface area contributed by atoms with Crippen molar-refractivity contribution in [2.24, 2.45) is 0 Å². The summed E-state index contributed by atoms with van der Waals surface area (Å²) in [6.45, 7) is 0.645. The largest absolute Gasteiger partial charge is 0.435 e. The molecule has 3 N–H and O–H groups in total. The second-order valence-corrected chi connectivity index (χ2v) is 4.95. The van der Waals surface area contributed by atoms with E-state index in [0.717, 1.165) is 6.42 Å². The molecule has 0 aliphatic carbocycles. The van der Waals surface area contributed by atoms with Crippen molar-refractivity contribution in [3.05, 3.63) is 24.3 Å². The molecule has 0 aliphatic rings. The van der Waals surface area contributed by atoms with Gasteiger partial charge in [-0.2, -0.15) is 8.78 Å². The minimum atomic E-state index is -2.88. The predicted octanol–water partition coefficient (Wildman–Crippen LogP) is 2.96. The lowest BCUT2D eigenvalue weighted by Crippen LogP contribution is -2.50. The van der Waals surface area contributed by atoms with E-state index in [-0.39, 0.29) is 12.4 Å². The maximum Gasteiger partial charge on any atom is 0.387 e. The van der Waals surface area contributed by atoms with Crippen molar-refractivity contribution in [1.29, 1.82) is 0 Å². The van der Waals surface area contributed by atoms with E-state index in [1.165, 1.54) is 24.3 Å². The molecule has 0 saturated heterocycles. The number of aliphatic hydroxyl groups excluding tert-OH is 1. The van der Waals surface area contributed by atoms with Gasteiger partial charge in [-0.25, -0.2) is 4.79 Å². The van der Waals surface area contributed by atoms with E-state index < -0.39 is 18.2 Å². The molecular formula is C14H20F2N2O3. The summed E-state index contributed by atoms with van der Waals surface area (Å²) in [4.78, 5) is 11.8. The van der Waals surface area contributed by atoms with Crippen molar-refractivity contribution >= 4 is 11.7 Å². The summed E-state index contributed by atoms with van der Waals surface area (Å²) in [5.41, 5.74) is -0.261. The van der Waals surface area contributed by atoms with Crippen molar-refractivity contribution in [2.45, 2.75) is 38.8 Å². The number of alkyl halides is 2. The van der Waals surface area contributed by atoms with Crippen LogP contribution < -0.4 is 15.4 Å². The molecule has 0 bridgehead atoms. The molecule has 1 aromatic rings. The molecule has 1 atom stereocenters. The fourth-order valence-electron chi connectivity index (χ4n) is 1.89. The molecule has 0 fully saturated rings. The summed E-state index contributed by atoms with van der Waals surface area (Å²) < 4.78 is 28.2. The number of benzene rings is 1. The van der Waals surface area contributed by atoms with E-state index in [1.807, 2.05) is 6.92 Å². The zero-order chi connectivity index (χ0) is 15.9. The third-order valence-corrected chi connectivity index (χ3v) is 2.90. The fourth-order valence-corrected chi connectivity index (χ4v) is 1.89. The lowest BCUT2D eigenvalue weighted by atomic mass is 9.98. The normalized spacial score (nSPS) is 13.6. The molecule has 1 unspecified atom stereocenters. The first-order valence-corrected chi connectivity index (χ1v) is 6.63. The highest BCUT2D eigenvalue weighted by Crippen LogP contribution is 2.18. The smallest absolute Gasteiger partial charge is 0.387 e. The third-order valence-electron chi connectivity index (χ3n) is 2.90. The number of hydrogen-bond donors (Lipinski definition) is 3. The van der Waals surface area contributed by atoms with Crippen LogP contribution in [-0.4, -0.2) is 29.9 Å². The number of carbonyl (C=O) groups excluding carboxylic acids is 1. The van der Waals surface area contributed by atoms with Gasteiger partial charge in [0.05, 0.1) is 12.1 Å². The molecule has 1 rings (SSSR count). The zero-order valence-electron chi connectivity index (χ0n) is 12.0. The molecule has 7 heteroatoms. The first-order chi connectivity index (χ1) is 9.88. The maximum absolute atomic E-state index is 12.0. The Kier molecular flexibility index (Phi) is 6.36. The Morgan fingerprint density at radius 2 is 2.00 bits per heavy atom. The van der Waals surface area contributed by atoms with Gasteiger partial charge >= 0.3 is 12.6 Å². The number of aliphatic hydroxyl groups is 1. The second kappa shape index (κ2) is 7.78. The SMILES string of the molecule is CCCC(C)(CO)NC(=O)Nc1ccc(OC(F)F)cc1. The van der Waals surface area contributed by atoms with Gasteiger partial charge in [0, 0.05) is 5.69 Å². The van der Waals surface area contributed by atoms with Crippen molar-refractivity contribution < 1.29 is 23.4 Å². The molecule has 0 radical (unpaired) electrons. The number of hydrogen-bond acceptors (Lipinski definition) is 3. The molecule has 21 heavy (non-hydrogen) atoms. The number of urea groups is 1. The van der Waals surface area contributed by atoms with Gasteiger partial charge in [0.15, 0.2) is 0 Å². The first-order valence-electron chi connectivity index (χ1n) is 6.63. The van der Waals surface area contributed by atoms with E-state index in [4.69, 9.17) is 0 Å². The standard InChI is InChI=1S/C14H20F2N2O3/c1-3-8-14(2,9-19)18-13(20)17-10-4-6-11(7-5-10)21-12(15)16/h4-7,12,19H,3,8-9H2,1-2H3,(H2,17,18,20). The number of halogens is 2. The summed E-state index contributed by atoms with van der Waals surface area (Å²) >= 11 is 0. The second-order valence-electron chi connectivity index (χ2n) is 4.95. The number of rotatable bonds is 7. The van der Waals surface area contributed by atoms with Crippen molar-refractivity contribution in [1.82, 2.24) is 5.32 Å². The number of anilines is 1. The van der Waals surface area contributed by atoms with Gasteiger partial charge in [-0.05, 0) is 37.6 Å². The lowest BCUT2D eigenvalue weighted by molar-refractivity contribution is -0.0498. The Morgan fingerprint density at radius 1 is 1.38 bits per heavy atom. The summed E-state index contributed by atoms with van der Waals surface area (Å²) in [6, 6.07) is 5.10. The summed E-state index contributed by atoms with van der Waals surface area (Å²) in [6.07, 6.45) is 1.45. The van der Waals surface area contributed by atoms with Crippen LogP contribution >= 0.6 is 0 Å². The van der Waals surface area contributed by atoms with Gasteiger partial charge in [-0.1, -0.05) is 13.3 Å². The molecule has 1 aromatic carbocycles. The maximum atomic E-state index is 12.0. The molecule has 0 heterocycles. The molecule has 0 spiro atoms. The molecule has 5 nitrogen and oxygen atoms in total. The Balaban J connectivity index is 2.58. The van der Waals surface area contributed by atoms with Crippen LogP contribution in [0.1, 0.15) is 26.7 Å². The van der Waals surface area contributed by atoms with Crippen LogP contribution in [0.3, 0.4) is 0 Å². The Bertz CT molecular complexity index is 454. The van der Waals surface area contributed by atoms with Crippen molar-refractivity contribution in [3.8, 4) is 5.75 Å². The zero-order valence-corrected chi connectivity index (χ0v) is 12.0. The highest BCUT2D eigenvalue weighted by Gasteiger charge is 2.24. The number of nitrogens with one attached hydrogen (secondary N) is 2. The Morgan fingerprint density at radius 3 is 2.48 bits per heavy atom. The lowest BCUT2D eigenvalue weighted by Gasteiger charge is -2.28. The first kappa shape index (κ1) is 17.2. The summed E-state index contributed by atoms with van der Waals surface area (Å²) in [7, 11) is 0. The Hall–Kier alpha value is -1.89. The fraction of sp³-hybridized carbons (Fsp3) is 0.500. The summed E-state index contributed by atoms with van der Waals surface area (Å²) in [5.74, 6) is 0.0159. The van der Waals surface area contributed by atoms with Crippen LogP contribution in [0.5, 0.6) is 5.75 Å². The number of amides is 2. The highest BCUT2D eigenvalue weighted by molar-refractivity contribution is 5.89. The molecule has 0 saturated carbocycles. The van der Waals surface area contributed by atoms with E-state index in [0.29, 0.717) is 12.1 Å². The van der Waals surface area contributed by atoms with E-state index >= 15 is 0 Å². The van der Waals surface area contributed by atoms with Crippen LogP contribution in [0.15, 0.2) is 24.3 Å². The Labute approximate surface area is 122 Å². The average Bonchev–Trinajstić information content (AvgIpc) is 2.40. The van der Waals surface area contributed by atoms with Gasteiger partial charge in [0.2, 0.25) is 0 Å². The molecule has 2 amide bonds. The topological polar surface area (TPSA) is 70.6 Å². The predicted molar refractivity (Wildman–Crippen MR) is 75.6 cm³/mol. The third kappa shape index (κ3) is 5.95. The van der Waals surface area contributed by atoms with Gasteiger partial charge in [0.1, 0.15) is 5.75 Å². The molecule has 118 valence electrons. The number of ether oxygens (including phenoxy) is 1. The van der Waals surface area contributed by atoms with E-state index in [2.05, 4.69) is 15.4 Å². The average molecular weight is 302 g/mol. The van der Waals surface area contributed by atoms with Crippen LogP contribution in [0.4, 0.5) is 19.3 Å². The molecule has 0 aliphatic heterocycles. The van der Waals surface area contributed by atoms with Crippen molar-refractivity contribution in [3.63, 3.8) is 0 Å². The van der Waals surface area contributed by atoms with Crippen LogP contribution in [-0.2, 0) is 0 Å². The highest BCUT2D eigenvalue weighted by atomic mass is 19.3. The van der Waals surface area contributed by atoms with Crippen LogP contribution in [0.2, 0.25) is 0 Å². The molecule has 0 aromatic heterocycles. The monoisotopic (exact) mass is 302 g/mol. The van der Waals surface area contributed by atoms with E-state index in [9.17, 15) is 18.7 Å². The minimum absolute atomic E-state index is 0.0159. The van der Waals surface area contributed by atoms with E-state index in [1.54, 1.807) is 6.92 Å². The summed E-state index contributed by atoms with van der Waals surface area (Å²) in [5, 5.41) is 14.6. The number of carbonyl (C=O) groups is 1. The minimum Gasteiger partial charge on any atom is -0.435 e.